The van der Waals surface area contributed by atoms with Gasteiger partial charge in [0.1, 0.15) is 6.10 Å². The number of hydrogen-bond donors (Lipinski definition) is 1. The summed E-state index contributed by atoms with van der Waals surface area (Å²) in [6, 6.07) is 0. The Labute approximate surface area is 86.4 Å². The zero-order valence-electron chi connectivity index (χ0n) is 7.56. The summed E-state index contributed by atoms with van der Waals surface area (Å²) in [5, 5.41) is 13.3. The minimum absolute atomic E-state index is 0.350. The number of rotatable bonds is 2. The van der Waals surface area contributed by atoms with Crippen LogP contribution in [-0.4, -0.2) is 21.1 Å². The molecule has 4 heteroatoms. The highest BCUT2D eigenvalue weighted by Crippen LogP contribution is 2.35. The van der Waals surface area contributed by atoms with Gasteiger partial charge in [0.15, 0.2) is 0 Å². The molecule has 2 atom stereocenters. The summed E-state index contributed by atoms with van der Waals surface area (Å²) in [4.78, 5) is 4.31. The molecule has 0 spiro atoms. The van der Waals surface area contributed by atoms with Crippen LogP contribution in [-0.2, 0) is 0 Å². The topological polar surface area (TPSA) is 33.1 Å². The average molecular weight is 215 g/mol. The fourth-order valence-corrected chi connectivity index (χ4v) is 3.49. The number of thioether (sulfide) groups is 1. The maximum absolute atomic E-state index is 9.96. The van der Waals surface area contributed by atoms with Gasteiger partial charge in [-0.2, -0.15) is 11.8 Å². The van der Waals surface area contributed by atoms with Crippen molar-refractivity contribution in [2.45, 2.75) is 31.1 Å². The van der Waals surface area contributed by atoms with E-state index in [1.54, 1.807) is 11.3 Å². The molecule has 2 rings (SSSR count). The van der Waals surface area contributed by atoms with Crippen molar-refractivity contribution < 1.29 is 5.11 Å². The minimum Gasteiger partial charge on any atom is -0.386 e. The van der Waals surface area contributed by atoms with Crippen LogP contribution >= 0.6 is 23.1 Å². The first-order chi connectivity index (χ1) is 6.27. The number of aliphatic hydroxyl groups is 1. The molecule has 1 saturated heterocycles. The molecule has 72 valence electrons. The third kappa shape index (κ3) is 2.06. The lowest BCUT2D eigenvalue weighted by atomic mass is 10.1. The highest BCUT2D eigenvalue weighted by Gasteiger charge is 2.26. The predicted octanol–water partition coefficient (Wildman–Crippen LogP) is 2.38. The van der Waals surface area contributed by atoms with Crippen molar-refractivity contribution in [2.24, 2.45) is 0 Å². The standard InChI is InChI=1S/C9H13NOS2/c1-6-10-7(5-13-6)9(11)8-3-2-4-12-8/h5,8-9,11H,2-4H2,1H3. The van der Waals surface area contributed by atoms with Crippen molar-refractivity contribution >= 4 is 23.1 Å². The second-order valence-corrected chi connectivity index (χ2v) is 5.70. The van der Waals surface area contributed by atoms with Gasteiger partial charge >= 0.3 is 0 Å². The van der Waals surface area contributed by atoms with Gasteiger partial charge in [0.25, 0.3) is 0 Å². The van der Waals surface area contributed by atoms with E-state index < -0.39 is 0 Å². The Bertz CT molecular complexity index is 281. The van der Waals surface area contributed by atoms with Crippen LogP contribution in [0.15, 0.2) is 5.38 Å². The third-order valence-corrected chi connectivity index (χ3v) is 4.49. The molecule has 0 aromatic carbocycles. The molecular formula is C9H13NOS2. The lowest BCUT2D eigenvalue weighted by Crippen LogP contribution is -2.11. The minimum atomic E-state index is -0.350. The molecule has 0 amide bonds. The van der Waals surface area contributed by atoms with Crippen LogP contribution in [0.4, 0.5) is 0 Å². The molecule has 2 unspecified atom stereocenters. The molecule has 1 aliphatic heterocycles. The SMILES string of the molecule is Cc1nc(C(O)C2CCCS2)cs1. The van der Waals surface area contributed by atoms with Crippen LogP contribution in [0.1, 0.15) is 29.6 Å². The monoisotopic (exact) mass is 215 g/mol. The first-order valence-corrected chi connectivity index (χ1v) is 6.42. The predicted molar refractivity (Wildman–Crippen MR) is 57.3 cm³/mol. The van der Waals surface area contributed by atoms with Crippen molar-refractivity contribution in [3.05, 3.63) is 16.1 Å². The van der Waals surface area contributed by atoms with Gasteiger partial charge in [-0.05, 0) is 25.5 Å². The van der Waals surface area contributed by atoms with E-state index in [4.69, 9.17) is 0 Å². The van der Waals surface area contributed by atoms with E-state index >= 15 is 0 Å². The summed E-state index contributed by atoms with van der Waals surface area (Å²) < 4.78 is 0. The van der Waals surface area contributed by atoms with E-state index in [1.807, 2.05) is 24.1 Å². The molecule has 0 bridgehead atoms. The van der Waals surface area contributed by atoms with Gasteiger partial charge in [0.2, 0.25) is 0 Å². The van der Waals surface area contributed by atoms with Crippen LogP contribution < -0.4 is 0 Å². The fraction of sp³-hybridized carbons (Fsp3) is 0.667. The van der Waals surface area contributed by atoms with Crippen molar-refractivity contribution in [3.63, 3.8) is 0 Å². The maximum Gasteiger partial charge on any atom is 0.109 e. The fourth-order valence-electron chi connectivity index (χ4n) is 1.56. The molecule has 2 nitrogen and oxygen atoms in total. The Morgan fingerprint density at radius 1 is 1.69 bits per heavy atom. The first kappa shape index (κ1) is 9.49. The molecule has 1 aliphatic rings. The molecule has 13 heavy (non-hydrogen) atoms. The quantitative estimate of drug-likeness (QED) is 0.822. The molecule has 1 aromatic heterocycles. The molecule has 0 saturated carbocycles. The van der Waals surface area contributed by atoms with Crippen molar-refractivity contribution in [3.8, 4) is 0 Å². The smallest absolute Gasteiger partial charge is 0.109 e. The Kier molecular flexibility index (Phi) is 2.91. The Morgan fingerprint density at radius 2 is 2.54 bits per heavy atom. The zero-order valence-corrected chi connectivity index (χ0v) is 9.20. The molecule has 1 aromatic rings. The van der Waals surface area contributed by atoms with Crippen LogP contribution in [0.5, 0.6) is 0 Å². The van der Waals surface area contributed by atoms with Gasteiger partial charge in [-0.15, -0.1) is 11.3 Å². The second kappa shape index (κ2) is 3.98. The van der Waals surface area contributed by atoms with Crippen molar-refractivity contribution in [1.82, 2.24) is 4.98 Å². The Balaban J connectivity index is 2.07. The first-order valence-electron chi connectivity index (χ1n) is 4.49. The summed E-state index contributed by atoms with van der Waals surface area (Å²) in [6.07, 6.45) is 2.01. The van der Waals surface area contributed by atoms with Gasteiger partial charge in [0.05, 0.1) is 10.7 Å². The average Bonchev–Trinajstić information content (AvgIpc) is 2.72. The summed E-state index contributed by atoms with van der Waals surface area (Å²) in [6.45, 7) is 1.97. The number of aliphatic hydroxyl groups excluding tert-OH is 1. The summed E-state index contributed by atoms with van der Waals surface area (Å²) in [5.41, 5.74) is 0.863. The zero-order chi connectivity index (χ0) is 9.26. The van der Waals surface area contributed by atoms with Crippen molar-refractivity contribution in [2.75, 3.05) is 5.75 Å². The van der Waals surface area contributed by atoms with Gasteiger partial charge in [0, 0.05) is 10.6 Å². The maximum atomic E-state index is 9.96. The third-order valence-electron chi connectivity index (χ3n) is 2.26. The van der Waals surface area contributed by atoms with E-state index in [-0.39, 0.29) is 6.10 Å². The van der Waals surface area contributed by atoms with E-state index in [0.717, 1.165) is 17.1 Å². The van der Waals surface area contributed by atoms with Crippen molar-refractivity contribution in [1.29, 1.82) is 0 Å². The summed E-state index contributed by atoms with van der Waals surface area (Å²) in [7, 11) is 0. The number of aromatic nitrogens is 1. The summed E-state index contributed by atoms with van der Waals surface area (Å²) >= 11 is 3.48. The molecule has 0 radical (unpaired) electrons. The molecule has 1 N–H and O–H groups in total. The van der Waals surface area contributed by atoms with E-state index in [1.165, 1.54) is 12.2 Å². The lowest BCUT2D eigenvalue weighted by Gasteiger charge is -2.14. The highest BCUT2D eigenvalue weighted by atomic mass is 32.2. The van der Waals surface area contributed by atoms with Gasteiger partial charge in [-0.25, -0.2) is 4.98 Å². The molecule has 1 fully saturated rings. The Hall–Kier alpha value is -0.0600. The molecule has 0 aliphatic carbocycles. The number of aryl methyl sites for hydroxylation is 1. The number of hydrogen-bond acceptors (Lipinski definition) is 4. The van der Waals surface area contributed by atoms with Crippen LogP contribution in [0.25, 0.3) is 0 Å². The van der Waals surface area contributed by atoms with E-state index in [9.17, 15) is 5.11 Å². The van der Waals surface area contributed by atoms with Gasteiger partial charge in [-0.1, -0.05) is 0 Å². The number of nitrogens with zero attached hydrogens (tertiary/aromatic N) is 1. The van der Waals surface area contributed by atoms with E-state index in [0.29, 0.717) is 5.25 Å². The second-order valence-electron chi connectivity index (χ2n) is 3.29. The largest absolute Gasteiger partial charge is 0.386 e. The van der Waals surface area contributed by atoms with E-state index in [2.05, 4.69) is 4.98 Å². The normalized spacial score (nSPS) is 24.9. The van der Waals surface area contributed by atoms with Crippen LogP contribution in [0.3, 0.4) is 0 Å². The van der Waals surface area contributed by atoms with Crippen LogP contribution in [0.2, 0.25) is 0 Å². The number of thiazole rings is 1. The van der Waals surface area contributed by atoms with Gasteiger partial charge in [-0.3, -0.25) is 0 Å². The molecule has 2 heterocycles. The Morgan fingerprint density at radius 3 is 3.08 bits per heavy atom. The highest BCUT2D eigenvalue weighted by molar-refractivity contribution is 8.00. The van der Waals surface area contributed by atoms with Gasteiger partial charge < -0.3 is 5.11 Å². The lowest BCUT2D eigenvalue weighted by molar-refractivity contribution is 0.169. The van der Waals surface area contributed by atoms with Crippen LogP contribution in [0, 0.1) is 6.92 Å². The summed E-state index contributed by atoms with van der Waals surface area (Å²) in [5.74, 6) is 1.19. The molecular weight excluding hydrogens is 202 g/mol.